The lowest BCUT2D eigenvalue weighted by molar-refractivity contribution is -0.386. The number of fused-ring (bicyclic) bond motifs is 3. The van der Waals surface area contributed by atoms with Crippen molar-refractivity contribution in [1.29, 1.82) is 0 Å². The number of azide groups is 1. The van der Waals surface area contributed by atoms with E-state index in [2.05, 4.69) is 10.0 Å². The number of carbonyl (C=O) groups excluding carboxylic acids is 5. The normalized spacial score (nSPS) is 28.0. The largest absolute Gasteiger partial charge is 0.523 e. The van der Waals surface area contributed by atoms with Crippen molar-refractivity contribution in [3.8, 4) is 0 Å². The van der Waals surface area contributed by atoms with Crippen molar-refractivity contribution < 1.29 is 107 Å². The first-order chi connectivity index (χ1) is 48.9. The molecule has 6 heterocycles. The van der Waals surface area contributed by atoms with Crippen LogP contribution in [0.4, 0.5) is 13.2 Å². The molecular formula is C72H66F3N5O20S. The molecule has 13 rings (SSSR count). The smallest absolute Gasteiger partial charge is 0.457 e. The van der Waals surface area contributed by atoms with Crippen molar-refractivity contribution >= 4 is 39.7 Å². The fourth-order valence-corrected chi connectivity index (χ4v) is 13.8. The lowest BCUT2D eigenvalue weighted by Crippen LogP contribution is -2.71. The Morgan fingerprint density at radius 1 is 0.525 bits per heavy atom. The van der Waals surface area contributed by atoms with Crippen molar-refractivity contribution in [2.45, 2.75) is 137 Å². The highest BCUT2D eigenvalue weighted by molar-refractivity contribution is 7.87. The molecule has 6 aliphatic rings. The van der Waals surface area contributed by atoms with Gasteiger partial charge in [-0.15, -0.1) is 0 Å². The van der Waals surface area contributed by atoms with Crippen molar-refractivity contribution in [3.05, 3.63) is 261 Å². The zero-order valence-corrected chi connectivity index (χ0v) is 54.5. The maximum Gasteiger partial charge on any atom is 0.523 e. The van der Waals surface area contributed by atoms with Crippen LogP contribution in [0.5, 0.6) is 0 Å². The van der Waals surface area contributed by atoms with Crippen LogP contribution >= 0.6 is 0 Å². The zero-order chi connectivity index (χ0) is 70.4. The van der Waals surface area contributed by atoms with Gasteiger partial charge in [-0.3, -0.25) is 38.0 Å². The molecule has 0 saturated carbocycles. The van der Waals surface area contributed by atoms with Crippen LogP contribution in [0, 0.1) is 0 Å². The first kappa shape index (κ1) is 70.3. The van der Waals surface area contributed by atoms with Crippen LogP contribution in [0.3, 0.4) is 0 Å². The van der Waals surface area contributed by atoms with Gasteiger partial charge >= 0.3 is 21.6 Å². The molecule has 0 aliphatic carbocycles. The van der Waals surface area contributed by atoms with Gasteiger partial charge in [0.2, 0.25) is 0 Å². The van der Waals surface area contributed by atoms with Gasteiger partial charge in [-0.1, -0.05) is 181 Å². The van der Waals surface area contributed by atoms with Gasteiger partial charge in [0.25, 0.3) is 23.6 Å². The van der Waals surface area contributed by atoms with Crippen LogP contribution < -0.4 is 0 Å². The van der Waals surface area contributed by atoms with Crippen molar-refractivity contribution in [2.24, 2.45) is 5.11 Å². The number of nitrogens with zero attached hydrogens (tertiary/aromatic N) is 5. The van der Waals surface area contributed by atoms with Gasteiger partial charge in [-0.2, -0.15) is 21.6 Å². The molecule has 0 unspecified atom stereocenters. The summed E-state index contributed by atoms with van der Waals surface area (Å²) in [5.74, 6) is -4.67. The quantitative estimate of drug-likeness (QED) is 0.00978. The Morgan fingerprint density at radius 2 is 0.941 bits per heavy atom. The minimum atomic E-state index is -6.70. The Morgan fingerprint density at radius 3 is 1.40 bits per heavy atom. The Hall–Kier alpha value is -9.14. The predicted octanol–water partition coefficient (Wildman–Crippen LogP) is 9.46. The molecule has 29 heteroatoms. The summed E-state index contributed by atoms with van der Waals surface area (Å²) >= 11 is 0. The highest BCUT2D eigenvalue weighted by Crippen LogP contribution is 2.45. The second-order valence-corrected chi connectivity index (χ2v) is 25.9. The Bertz CT molecular complexity index is 4180. The topological polar surface area (TPSA) is 295 Å². The molecule has 16 atom stereocenters. The van der Waals surface area contributed by atoms with Crippen LogP contribution in [0.15, 0.2) is 205 Å². The van der Waals surface area contributed by atoms with Crippen molar-refractivity contribution in [2.75, 3.05) is 19.8 Å². The van der Waals surface area contributed by atoms with E-state index in [1.807, 2.05) is 0 Å². The van der Waals surface area contributed by atoms with Crippen LogP contribution in [0.1, 0.15) is 82.5 Å². The summed E-state index contributed by atoms with van der Waals surface area (Å²) in [5, 5.41) is 4.05. The van der Waals surface area contributed by atoms with Crippen LogP contribution in [0.25, 0.3) is 10.4 Å². The number of benzene rings is 7. The molecule has 0 N–H and O–H groups in total. The first-order valence-corrected chi connectivity index (χ1v) is 33.6. The third kappa shape index (κ3) is 15.3. The predicted molar refractivity (Wildman–Crippen MR) is 344 cm³/mol. The zero-order valence-electron chi connectivity index (χ0n) is 53.7. The minimum absolute atomic E-state index is 0.00548. The molecular weight excluding hydrogens is 1340 g/mol. The second-order valence-electron chi connectivity index (χ2n) is 24.3. The fraction of sp³-hybridized carbons (Fsp3) is 0.347. The fourth-order valence-electron chi connectivity index (χ4n) is 13.2. The van der Waals surface area contributed by atoms with E-state index in [1.54, 1.807) is 164 Å². The summed E-state index contributed by atoms with van der Waals surface area (Å²) in [6, 6.07) is 51.4. The number of hydrogen-bond donors (Lipinski definition) is 0. The second kappa shape index (κ2) is 31.0. The van der Waals surface area contributed by atoms with Crippen LogP contribution in [-0.4, -0.2) is 165 Å². The maximum absolute atomic E-state index is 15.6. The number of hydrogen-bond acceptors (Lipinski definition) is 21. The molecule has 7 aromatic rings. The monoisotopic (exact) mass is 1410 g/mol. The number of rotatable bonds is 25. The summed E-state index contributed by atoms with van der Waals surface area (Å²) in [4.78, 5) is 79.1. The number of imide groups is 2. The van der Waals surface area contributed by atoms with E-state index < -0.39 is 170 Å². The Labute approximate surface area is 576 Å². The number of ether oxygens (including phenoxy) is 12. The van der Waals surface area contributed by atoms with E-state index in [4.69, 9.17) is 61.0 Å². The minimum Gasteiger partial charge on any atom is -0.457 e. The standard InChI is InChI=1S/C72H66F3N5O20S/c1-42(81)93-62-59-54(41-92-69(97-59)47-29-15-6-16-30-47)96-71(63(62)100-101(86,87)72(73,74)75)99-58-53(40-89-36-44-23-9-3-10-24-44)95-70(56(61(58)91-38-46-27-13-5-14-28-46)80-67(84)50-33-19-20-34-51(50)68(80)85)98-57-52(39-88-35-43-21-7-2-8-22-43)94-64(77-78-76)55(60(57)90-37-45-25-11-4-12-26-45)79-65(82)48-31-17-18-32-49(48)66(79)83/h2-34,52-64,69-71H,35-41H2,1H3/t52-,53-,54-,55-,56-,57-,58-,59-,60-,61-,62+,63-,64-,69-,70+,71+/m1/s1. The third-order valence-electron chi connectivity index (χ3n) is 17.8. The van der Waals surface area contributed by atoms with Crippen molar-refractivity contribution in [3.63, 3.8) is 0 Å². The average molecular weight is 1410 g/mol. The molecule has 7 aromatic carbocycles. The van der Waals surface area contributed by atoms with Gasteiger partial charge in [0.1, 0.15) is 60.9 Å². The van der Waals surface area contributed by atoms with Crippen molar-refractivity contribution in [1.82, 2.24) is 9.80 Å². The van der Waals surface area contributed by atoms with E-state index in [9.17, 15) is 41.5 Å². The highest BCUT2D eigenvalue weighted by Gasteiger charge is 2.63. The molecule has 526 valence electrons. The highest BCUT2D eigenvalue weighted by atomic mass is 32.2. The molecule has 4 amide bonds. The molecule has 0 radical (unpaired) electrons. The van der Waals surface area contributed by atoms with Gasteiger partial charge in [-0.05, 0) is 52.1 Å². The summed E-state index contributed by atoms with van der Waals surface area (Å²) in [6.45, 7) is -1.44. The van der Waals surface area contributed by atoms with Crippen LogP contribution in [0.2, 0.25) is 0 Å². The van der Waals surface area contributed by atoms with Crippen LogP contribution in [-0.2, 0) is 102 Å². The number of esters is 1. The first-order valence-electron chi connectivity index (χ1n) is 32.2. The summed E-state index contributed by atoms with van der Waals surface area (Å²) < 4.78 is 157. The molecule has 4 saturated heterocycles. The molecule has 0 bridgehead atoms. The summed E-state index contributed by atoms with van der Waals surface area (Å²) in [5.41, 5.74) is 6.82. The molecule has 101 heavy (non-hydrogen) atoms. The van der Waals surface area contributed by atoms with Gasteiger partial charge < -0.3 is 56.8 Å². The lowest BCUT2D eigenvalue weighted by atomic mass is 9.92. The molecule has 4 fully saturated rings. The maximum atomic E-state index is 15.6. The molecule has 25 nitrogen and oxygen atoms in total. The Kier molecular flexibility index (Phi) is 21.6. The number of amides is 4. The van der Waals surface area contributed by atoms with E-state index in [0.717, 1.165) is 16.7 Å². The number of alkyl halides is 3. The number of halogens is 3. The molecule has 0 spiro atoms. The van der Waals surface area contributed by atoms with Gasteiger partial charge in [0.15, 0.2) is 37.3 Å². The van der Waals surface area contributed by atoms with Gasteiger partial charge in [0, 0.05) is 17.4 Å². The SMILES string of the molecule is CC(=O)O[C@@H]1[C@@H](OS(=O)(=O)C(F)(F)F)[C@H](O[C@H]2[C@H](OCc3ccccc3)[C@@H](N3C(=O)c4ccccc4C3=O)[C@H](O[C@H]3[C@H](OCc4ccccc4)[C@@H](N4C(=O)c5ccccc5C4=O)[C@H](N=[N+]=[N-])O[C@@H]3COCc3ccccc3)O[C@@H]2COCc2ccccc2)O[C@@H]2CO[C@@H](c3ccccc3)O[C@@H]12. The summed E-state index contributed by atoms with van der Waals surface area (Å²) in [6.07, 6.45) is -25.7. The van der Waals surface area contributed by atoms with E-state index >= 15 is 9.59 Å². The van der Waals surface area contributed by atoms with E-state index in [0.29, 0.717) is 27.8 Å². The number of carbonyl (C=O) groups is 5. The van der Waals surface area contributed by atoms with E-state index in [-0.39, 0.29) is 42.1 Å². The lowest BCUT2D eigenvalue weighted by Gasteiger charge is -2.53. The third-order valence-corrected chi connectivity index (χ3v) is 18.8. The Balaban J connectivity index is 0.982. The summed E-state index contributed by atoms with van der Waals surface area (Å²) in [7, 11) is -6.70. The molecule has 0 aromatic heterocycles. The van der Waals surface area contributed by atoms with E-state index in [1.165, 1.54) is 36.4 Å². The molecule has 6 aliphatic heterocycles. The van der Waals surface area contributed by atoms with Gasteiger partial charge in [-0.25, -0.2) is 0 Å². The van der Waals surface area contributed by atoms with Gasteiger partial charge in [0.05, 0.1) is 68.5 Å². The average Bonchev–Trinajstić information content (AvgIpc) is 1.73.